The van der Waals surface area contributed by atoms with Crippen LogP contribution in [0.1, 0.15) is 16.7 Å². The molecule has 0 saturated heterocycles. The van der Waals surface area contributed by atoms with Crippen molar-refractivity contribution in [1.29, 1.82) is 0 Å². The maximum atomic E-state index is 13.0. The predicted octanol–water partition coefficient (Wildman–Crippen LogP) is 4.43. The topological polar surface area (TPSA) is 64.3 Å². The molecule has 5 heteroatoms. The Morgan fingerprint density at radius 2 is 1.55 bits per heavy atom. The van der Waals surface area contributed by atoms with Gasteiger partial charge in [-0.25, -0.2) is 4.68 Å². The molecule has 1 heterocycles. The van der Waals surface area contributed by atoms with E-state index in [2.05, 4.69) is 11.2 Å². The molecule has 3 aromatic carbocycles. The third kappa shape index (κ3) is 4.23. The van der Waals surface area contributed by atoms with Crippen LogP contribution in [0.4, 0.5) is 0 Å². The molecule has 1 aromatic heterocycles. The smallest absolute Gasteiger partial charge is 0.274 e. The van der Waals surface area contributed by atoms with Crippen molar-refractivity contribution >= 4 is 10.8 Å². The van der Waals surface area contributed by atoms with Gasteiger partial charge in [0.2, 0.25) is 0 Å². The molecule has 0 spiro atoms. The van der Waals surface area contributed by atoms with E-state index >= 15 is 0 Å². The Balaban J connectivity index is 1.64. The van der Waals surface area contributed by atoms with Crippen LogP contribution in [0.15, 0.2) is 71.5 Å². The highest BCUT2D eigenvalue weighted by molar-refractivity contribution is 5.93. The molecule has 0 radical (unpaired) electrons. The maximum Gasteiger partial charge on any atom is 0.274 e. The van der Waals surface area contributed by atoms with Crippen LogP contribution in [0, 0.1) is 20.8 Å². The Hall–Kier alpha value is -3.44. The molecule has 1 atom stereocenters. The lowest BCUT2D eigenvalue weighted by Crippen LogP contribution is -2.32. The number of ether oxygens (including phenoxy) is 1. The fraction of sp³-hybridized carbons (Fsp3) is 0.231. The van der Waals surface area contributed by atoms with Crippen molar-refractivity contribution in [3.8, 4) is 17.0 Å². The molecule has 0 saturated carbocycles. The van der Waals surface area contributed by atoms with Gasteiger partial charge < -0.3 is 9.84 Å². The second-order valence-corrected chi connectivity index (χ2v) is 7.87. The van der Waals surface area contributed by atoms with Crippen LogP contribution in [-0.4, -0.2) is 27.6 Å². The van der Waals surface area contributed by atoms with Crippen molar-refractivity contribution in [1.82, 2.24) is 9.78 Å². The van der Waals surface area contributed by atoms with Gasteiger partial charge in [-0.3, -0.25) is 4.79 Å². The van der Waals surface area contributed by atoms with Crippen LogP contribution in [-0.2, 0) is 6.54 Å². The summed E-state index contributed by atoms with van der Waals surface area (Å²) in [5.41, 5.74) is 4.62. The van der Waals surface area contributed by atoms with Gasteiger partial charge in [-0.05, 0) is 43.5 Å². The highest BCUT2D eigenvalue weighted by atomic mass is 16.5. The van der Waals surface area contributed by atoms with Gasteiger partial charge in [-0.15, -0.1) is 0 Å². The van der Waals surface area contributed by atoms with E-state index in [-0.39, 0.29) is 18.7 Å². The minimum absolute atomic E-state index is 0.0490. The fourth-order valence-electron chi connectivity index (χ4n) is 3.75. The summed E-state index contributed by atoms with van der Waals surface area (Å²) in [4.78, 5) is 13.0. The summed E-state index contributed by atoms with van der Waals surface area (Å²) < 4.78 is 7.27. The monoisotopic (exact) mass is 414 g/mol. The molecule has 4 rings (SSSR count). The average molecular weight is 415 g/mol. The van der Waals surface area contributed by atoms with Crippen LogP contribution in [0.2, 0.25) is 0 Å². The number of benzene rings is 3. The number of fused-ring (bicyclic) bond motifs is 1. The summed E-state index contributed by atoms with van der Waals surface area (Å²) in [7, 11) is 0. The number of nitrogens with zero attached hydrogens (tertiary/aromatic N) is 2. The van der Waals surface area contributed by atoms with Gasteiger partial charge in [0.1, 0.15) is 18.5 Å². The second kappa shape index (κ2) is 8.74. The largest absolute Gasteiger partial charge is 0.490 e. The second-order valence-electron chi connectivity index (χ2n) is 7.87. The number of aromatic nitrogens is 2. The normalized spacial score (nSPS) is 12.1. The van der Waals surface area contributed by atoms with Crippen LogP contribution >= 0.6 is 0 Å². The number of rotatable bonds is 6. The van der Waals surface area contributed by atoms with Crippen molar-refractivity contribution in [3.63, 3.8) is 0 Å². The van der Waals surface area contributed by atoms with Gasteiger partial charge in [-0.2, -0.15) is 5.10 Å². The maximum absolute atomic E-state index is 13.0. The number of aryl methyl sites for hydroxylation is 2. The zero-order chi connectivity index (χ0) is 22.0. The first-order chi connectivity index (χ1) is 15.0. The van der Waals surface area contributed by atoms with Crippen molar-refractivity contribution in [3.05, 3.63) is 93.8 Å². The Kier molecular flexibility index (Phi) is 5.87. The molecule has 158 valence electrons. The van der Waals surface area contributed by atoms with E-state index in [1.54, 1.807) is 6.07 Å². The number of aliphatic hydroxyl groups excluding tert-OH is 1. The van der Waals surface area contributed by atoms with E-state index < -0.39 is 6.10 Å². The lowest BCUT2D eigenvalue weighted by Gasteiger charge is -2.18. The summed E-state index contributed by atoms with van der Waals surface area (Å²) in [5, 5.41) is 16.6. The highest BCUT2D eigenvalue weighted by Crippen LogP contribution is 2.26. The van der Waals surface area contributed by atoms with Crippen LogP contribution in [0.25, 0.3) is 22.0 Å². The molecule has 0 unspecified atom stereocenters. The van der Waals surface area contributed by atoms with E-state index in [1.807, 2.05) is 75.4 Å². The van der Waals surface area contributed by atoms with E-state index in [9.17, 15) is 9.90 Å². The quantitative estimate of drug-likeness (QED) is 0.507. The lowest BCUT2D eigenvalue weighted by molar-refractivity contribution is 0.0876. The van der Waals surface area contributed by atoms with Crippen molar-refractivity contribution in [2.24, 2.45) is 0 Å². The Morgan fingerprint density at radius 3 is 2.29 bits per heavy atom. The van der Waals surface area contributed by atoms with Crippen molar-refractivity contribution in [2.75, 3.05) is 6.61 Å². The van der Waals surface area contributed by atoms with Crippen molar-refractivity contribution in [2.45, 2.75) is 33.4 Å². The molecule has 0 fully saturated rings. The molecule has 0 aliphatic heterocycles. The Labute approximate surface area is 181 Å². The van der Waals surface area contributed by atoms with Crippen molar-refractivity contribution < 1.29 is 9.84 Å². The zero-order valence-corrected chi connectivity index (χ0v) is 18.0. The highest BCUT2D eigenvalue weighted by Gasteiger charge is 2.16. The van der Waals surface area contributed by atoms with E-state index in [0.717, 1.165) is 33.4 Å². The molecule has 4 aromatic rings. The van der Waals surface area contributed by atoms with Gasteiger partial charge in [0.15, 0.2) is 0 Å². The first-order valence-corrected chi connectivity index (χ1v) is 10.4. The molecule has 0 amide bonds. The molecular weight excluding hydrogens is 388 g/mol. The molecular formula is C26H26N2O3. The first-order valence-electron chi connectivity index (χ1n) is 10.4. The minimum Gasteiger partial charge on any atom is -0.490 e. The molecule has 0 aliphatic carbocycles. The summed E-state index contributed by atoms with van der Waals surface area (Å²) in [6, 6.07) is 21.2. The first kappa shape index (κ1) is 20.8. The number of hydrogen-bond donors (Lipinski definition) is 1. The van der Waals surface area contributed by atoms with E-state index in [4.69, 9.17) is 4.74 Å². The van der Waals surface area contributed by atoms with Crippen LogP contribution in [0.3, 0.4) is 0 Å². The van der Waals surface area contributed by atoms with Gasteiger partial charge >= 0.3 is 0 Å². The van der Waals surface area contributed by atoms with Gasteiger partial charge in [0.05, 0.1) is 17.6 Å². The summed E-state index contributed by atoms with van der Waals surface area (Å²) in [6.45, 7) is 6.14. The molecule has 5 nitrogen and oxygen atoms in total. The van der Waals surface area contributed by atoms with Gasteiger partial charge in [0, 0.05) is 10.9 Å². The predicted molar refractivity (Wildman–Crippen MR) is 124 cm³/mol. The Morgan fingerprint density at radius 1 is 0.903 bits per heavy atom. The fourth-order valence-corrected chi connectivity index (χ4v) is 3.75. The van der Waals surface area contributed by atoms with Crippen LogP contribution < -0.4 is 10.3 Å². The average Bonchev–Trinajstić information content (AvgIpc) is 2.79. The van der Waals surface area contributed by atoms with Crippen LogP contribution in [0.5, 0.6) is 5.75 Å². The Bertz CT molecular complexity index is 1280. The standard InChI is InChI=1S/C26H26N2O3/c1-17-13-14-18(2)25(19(17)3)31-16-21(29)15-28-26(30)23-12-8-7-11-22(23)24(27-28)20-9-5-4-6-10-20/h4-14,21,29H,15-16H2,1-3H3/t21-/m0/s1. The lowest BCUT2D eigenvalue weighted by atomic mass is 10.1. The number of hydrogen-bond acceptors (Lipinski definition) is 4. The third-order valence-electron chi connectivity index (χ3n) is 5.59. The van der Waals surface area contributed by atoms with Gasteiger partial charge in [-0.1, -0.05) is 60.7 Å². The van der Waals surface area contributed by atoms with Gasteiger partial charge in [0.25, 0.3) is 5.56 Å². The zero-order valence-electron chi connectivity index (χ0n) is 18.0. The molecule has 0 aliphatic rings. The van der Waals surface area contributed by atoms with E-state index in [0.29, 0.717) is 11.1 Å². The third-order valence-corrected chi connectivity index (χ3v) is 5.59. The molecule has 31 heavy (non-hydrogen) atoms. The minimum atomic E-state index is -0.880. The summed E-state index contributed by atoms with van der Waals surface area (Å²) in [6.07, 6.45) is -0.880. The summed E-state index contributed by atoms with van der Waals surface area (Å²) >= 11 is 0. The molecule has 1 N–H and O–H groups in total. The summed E-state index contributed by atoms with van der Waals surface area (Å²) in [5.74, 6) is 0.780. The SMILES string of the molecule is Cc1ccc(C)c(OC[C@@H](O)Cn2nc(-c3ccccc3)c3ccccc3c2=O)c1C. The van der Waals surface area contributed by atoms with E-state index in [1.165, 1.54) is 4.68 Å². The number of aliphatic hydroxyl groups is 1. The molecule has 0 bridgehead atoms.